The van der Waals surface area contributed by atoms with Crippen molar-refractivity contribution in [1.82, 2.24) is 10.6 Å². The smallest absolute Gasteiger partial charge is 0.427 e. The summed E-state index contributed by atoms with van der Waals surface area (Å²) in [6, 6.07) is 4.13. The van der Waals surface area contributed by atoms with Gasteiger partial charge in [-0.1, -0.05) is 12.1 Å². The van der Waals surface area contributed by atoms with Gasteiger partial charge in [0.25, 0.3) is 5.91 Å². The fraction of sp³-hybridized carbons (Fsp3) is 0.556. The predicted octanol–water partition coefficient (Wildman–Crippen LogP) is 2.07. The fourth-order valence-corrected chi connectivity index (χ4v) is 3.11. The second-order valence-electron chi connectivity index (χ2n) is 7.06. The van der Waals surface area contributed by atoms with Crippen molar-refractivity contribution in [1.29, 1.82) is 0 Å². The van der Waals surface area contributed by atoms with Crippen molar-refractivity contribution in [2.75, 3.05) is 0 Å². The minimum absolute atomic E-state index is 0.158. The molecule has 28 heavy (non-hydrogen) atoms. The van der Waals surface area contributed by atoms with Gasteiger partial charge in [-0.05, 0) is 37.8 Å². The molecule has 0 unspecified atom stereocenters. The number of hydrogen-bond acceptors (Lipinski definition) is 4. The Morgan fingerprint density at radius 1 is 1.14 bits per heavy atom. The Hall–Kier alpha value is -2.36. The van der Waals surface area contributed by atoms with Crippen LogP contribution in [-0.2, 0) is 4.79 Å². The fourth-order valence-electron chi connectivity index (χ4n) is 3.11. The molecular weight excluding hydrogens is 384 g/mol. The summed E-state index contributed by atoms with van der Waals surface area (Å²) in [5, 5.41) is 15.4. The quantitative estimate of drug-likeness (QED) is 0.608. The number of aliphatic hydroxyl groups is 1. The first-order valence-corrected chi connectivity index (χ1v) is 8.90. The van der Waals surface area contributed by atoms with Crippen LogP contribution in [0.2, 0.25) is 0 Å². The molecule has 0 aromatic heterocycles. The first kappa shape index (κ1) is 20.4. The van der Waals surface area contributed by atoms with Crippen LogP contribution in [-0.4, -0.2) is 47.6 Å². The Kier molecular flexibility index (Phi) is 5.78. The van der Waals surface area contributed by atoms with Gasteiger partial charge in [-0.25, -0.2) is 0 Å². The molecule has 3 N–H and O–H groups in total. The molecular formula is C18H20F4N2O4. The SMILES string of the molecule is O=C(N[C@H]1C[C@H](C(=O)NC2CC2)C[C@@H]1O)c1ccccc1OC(F)(F)C(F)F. The minimum Gasteiger partial charge on any atom is -0.427 e. The van der Waals surface area contributed by atoms with Crippen molar-refractivity contribution in [3.8, 4) is 5.75 Å². The monoisotopic (exact) mass is 404 g/mol. The maximum atomic E-state index is 13.2. The molecule has 0 bridgehead atoms. The lowest BCUT2D eigenvalue weighted by Crippen LogP contribution is -2.41. The normalized spacial score (nSPS) is 24.9. The number of aliphatic hydroxyl groups excluding tert-OH is 1. The molecule has 10 heteroatoms. The molecule has 154 valence electrons. The lowest BCUT2D eigenvalue weighted by Gasteiger charge is -2.20. The highest BCUT2D eigenvalue weighted by Gasteiger charge is 2.45. The van der Waals surface area contributed by atoms with Gasteiger partial charge in [0.05, 0.1) is 17.7 Å². The van der Waals surface area contributed by atoms with Crippen LogP contribution in [0.1, 0.15) is 36.0 Å². The second-order valence-corrected chi connectivity index (χ2v) is 7.06. The van der Waals surface area contributed by atoms with Crippen LogP contribution >= 0.6 is 0 Å². The minimum atomic E-state index is -4.75. The highest BCUT2D eigenvalue weighted by Crippen LogP contribution is 2.31. The van der Waals surface area contributed by atoms with Gasteiger partial charge in [0.2, 0.25) is 5.91 Å². The molecule has 0 spiro atoms. The number of halogens is 4. The molecule has 2 aliphatic rings. The summed E-state index contributed by atoms with van der Waals surface area (Å²) in [7, 11) is 0. The number of ether oxygens (including phenoxy) is 1. The molecule has 0 aliphatic heterocycles. The Morgan fingerprint density at radius 3 is 2.46 bits per heavy atom. The van der Waals surface area contributed by atoms with Gasteiger partial charge in [0.15, 0.2) is 0 Å². The Labute approximate surface area is 158 Å². The lowest BCUT2D eigenvalue weighted by molar-refractivity contribution is -0.253. The van der Waals surface area contributed by atoms with E-state index in [4.69, 9.17) is 0 Å². The van der Waals surface area contributed by atoms with E-state index in [1.165, 1.54) is 12.1 Å². The number of alkyl halides is 4. The summed E-state index contributed by atoms with van der Waals surface area (Å²) in [6.07, 6.45) is -7.63. The molecule has 2 amide bonds. The van der Waals surface area contributed by atoms with Crippen LogP contribution in [0.4, 0.5) is 17.6 Å². The standard InChI is InChI=1S/C18H20F4N2O4/c19-17(20)18(21,22)28-14-4-2-1-3-11(14)16(27)24-12-7-9(8-13(12)25)15(26)23-10-5-6-10/h1-4,9-10,12-13,17,25H,5-8H2,(H,23,26)(H,24,27)/t9-,12-,13-/m0/s1. The van der Waals surface area contributed by atoms with E-state index in [0.717, 1.165) is 25.0 Å². The van der Waals surface area contributed by atoms with Crippen molar-refractivity contribution in [2.45, 2.75) is 56.4 Å². The molecule has 0 heterocycles. The van der Waals surface area contributed by atoms with E-state index in [0.29, 0.717) is 0 Å². The topological polar surface area (TPSA) is 87.7 Å². The van der Waals surface area contributed by atoms with Crippen molar-refractivity contribution >= 4 is 11.8 Å². The van der Waals surface area contributed by atoms with Crippen molar-refractivity contribution in [2.24, 2.45) is 5.92 Å². The van der Waals surface area contributed by atoms with E-state index in [-0.39, 0.29) is 30.4 Å². The van der Waals surface area contributed by atoms with Crippen molar-refractivity contribution in [3.05, 3.63) is 29.8 Å². The van der Waals surface area contributed by atoms with E-state index in [2.05, 4.69) is 15.4 Å². The molecule has 2 saturated carbocycles. The average molecular weight is 404 g/mol. The van der Waals surface area contributed by atoms with Gasteiger partial charge in [-0.15, -0.1) is 0 Å². The summed E-state index contributed by atoms with van der Waals surface area (Å²) < 4.78 is 55.2. The molecule has 0 saturated heterocycles. The van der Waals surface area contributed by atoms with Gasteiger partial charge in [0.1, 0.15) is 5.75 Å². The number of rotatable bonds is 7. The van der Waals surface area contributed by atoms with E-state index >= 15 is 0 Å². The molecule has 0 radical (unpaired) electrons. The van der Waals surface area contributed by atoms with Gasteiger partial charge in [-0.3, -0.25) is 9.59 Å². The first-order valence-electron chi connectivity index (χ1n) is 8.90. The summed E-state index contributed by atoms with van der Waals surface area (Å²) in [5.41, 5.74) is -0.374. The molecule has 2 fully saturated rings. The van der Waals surface area contributed by atoms with Crippen molar-refractivity contribution < 1.29 is 37.0 Å². The molecule has 3 atom stereocenters. The average Bonchev–Trinajstić information content (AvgIpc) is 3.36. The van der Waals surface area contributed by atoms with Crippen LogP contribution in [0.25, 0.3) is 0 Å². The third-order valence-corrected chi connectivity index (χ3v) is 4.77. The van der Waals surface area contributed by atoms with Gasteiger partial charge in [0, 0.05) is 12.0 Å². The van der Waals surface area contributed by atoms with Crippen LogP contribution in [0.15, 0.2) is 24.3 Å². The predicted molar refractivity (Wildman–Crippen MR) is 89.2 cm³/mol. The molecule has 2 aliphatic carbocycles. The maximum Gasteiger partial charge on any atom is 0.461 e. The first-order chi connectivity index (χ1) is 13.2. The highest BCUT2D eigenvalue weighted by atomic mass is 19.3. The summed E-state index contributed by atoms with van der Waals surface area (Å²) in [4.78, 5) is 24.6. The lowest BCUT2D eigenvalue weighted by atomic mass is 10.1. The number of carbonyl (C=O) groups excluding carboxylic acids is 2. The summed E-state index contributed by atoms with van der Waals surface area (Å²) >= 11 is 0. The number of para-hydroxylation sites is 1. The number of benzene rings is 1. The largest absolute Gasteiger partial charge is 0.461 e. The van der Waals surface area contributed by atoms with Gasteiger partial charge in [-0.2, -0.15) is 17.6 Å². The van der Waals surface area contributed by atoms with Crippen molar-refractivity contribution in [3.63, 3.8) is 0 Å². The zero-order valence-electron chi connectivity index (χ0n) is 14.7. The van der Waals surface area contributed by atoms with Crippen LogP contribution in [0, 0.1) is 5.92 Å². The highest BCUT2D eigenvalue weighted by molar-refractivity contribution is 5.97. The third-order valence-electron chi connectivity index (χ3n) is 4.77. The summed E-state index contributed by atoms with van der Waals surface area (Å²) in [6.45, 7) is 0. The zero-order chi connectivity index (χ0) is 20.5. The van der Waals surface area contributed by atoms with E-state index in [9.17, 15) is 32.3 Å². The zero-order valence-corrected chi connectivity index (χ0v) is 14.7. The Balaban J connectivity index is 1.65. The number of amides is 2. The van der Waals surface area contributed by atoms with Gasteiger partial charge >= 0.3 is 12.5 Å². The Morgan fingerprint density at radius 2 is 1.82 bits per heavy atom. The molecule has 6 nitrogen and oxygen atoms in total. The molecule has 1 aromatic carbocycles. The maximum absolute atomic E-state index is 13.2. The molecule has 3 rings (SSSR count). The van der Waals surface area contributed by atoms with E-state index in [1.807, 2.05) is 0 Å². The second kappa shape index (κ2) is 7.94. The molecule has 1 aromatic rings. The summed E-state index contributed by atoms with van der Waals surface area (Å²) in [5.74, 6) is -2.25. The number of hydrogen-bond donors (Lipinski definition) is 3. The van der Waals surface area contributed by atoms with Crippen LogP contribution < -0.4 is 15.4 Å². The van der Waals surface area contributed by atoms with E-state index in [1.54, 1.807) is 0 Å². The van der Waals surface area contributed by atoms with Crippen LogP contribution in [0.5, 0.6) is 5.75 Å². The third kappa shape index (κ3) is 4.73. The Bertz CT molecular complexity index is 742. The number of nitrogens with one attached hydrogen (secondary N) is 2. The van der Waals surface area contributed by atoms with Crippen LogP contribution in [0.3, 0.4) is 0 Å². The van der Waals surface area contributed by atoms with Gasteiger partial charge < -0.3 is 20.5 Å². The van der Waals surface area contributed by atoms with E-state index < -0.39 is 42.3 Å². The number of carbonyl (C=O) groups is 2.